The van der Waals surface area contributed by atoms with E-state index in [1.54, 1.807) is 0 Å². The zero-order chi connectivity index (χ0) is 9.80. The van der Waals surface area contributed by atoms with Crippen molar-refractivity contribution >= 4 is 0 Å². The van der Waals surface area contributed by atoms with Crippen LogP contribution < -0.4 is 5.32 Å². The SMILES string of the molecule is CCNC(C1=CCCO1)C1CCOC1. The van der Waals surface area contributed by atoms with Crippen LogP contribution in [0.25, 0.3) is 0 Å². The van der Waals surface area contributed by atoms with E-state index in [1.165, 1.54) is 0 Å². The fourth-order valence-corrected chi connectivity index (χ4v) is 2.19. The third kappa shape index (κ3) is 2.10. The Kier molecular flexibility index (Phi) is 3.43. The van der Waals surface area contributed by atoms with E-state index >= 15 is 0 Å². The molecule has 1 saturated heterocycles. The molecular formula is C11H19NO2. The summed E-state index contributed by atoms with van der Waals surface area (Å²) >= 11 is 0. The number of hydrogen-bond donors (Lipinski definition) is 1. The van der Waals surface area contributed by atoms with Gasteiger partial charge >= 0.3 is 0 Å². The molecule has 0 bridgehead atoms. The third-order valence-electron chi connectivity index (χ3n) is 2.90. The number of rotatable bonds is 4. The molecule has 2 heterocycles. The van der Waals surface area contributed by atoms with Crippen molar-refractivity contribution in [2.24, 2.45) is 5.92 Å². The van der Waals surface area contributed by atoms with Gasteiger partial charge in [-0.05, 0) is 19.0 Å². The average Bonchev–Trinajstić information content (AvgIpc) is 2.87. The topological polar surface area (TPSA) is 30.5 Å². The molecule has 1 N–H and O–H groups in total. The van der Waals surface area contributed by atoms with Crippen LogP contribution in [-0.2, 0) is 9.47 Å². The van der Waals surface area contributed by atoms with Crippen molar-refractivity contribution in [1.29, 1.82) is 0 Å². The van der Waals surface area contributed by atoms with Gasteiger partial charge in [0.2, 0.25) is 0 Å². The summed E-state index contributed by atoms with van der Waals surface area (Å²) in [5, 5.41) is 3.49. The number of hydrogen-bond acceptors (Lipinski definition) is 3. The van der Waals surface area contributed by atoms with Gasteiger partial charge < -0.3 is 14.8 Å². The van der Waals surface area contributed by atoms with Crippen LogP contribution in [0.15, 0.2) is 11.8 Å². The molecule has 2 aliphatic rings. The first-order chi connectivity index (χ1) is 6.92. The minimum absolute atomic E-state index is 0.380. The first kappa shape index (κ1) is 9.99. The molecule has 2 aliphatic heterocycles. The van der Waals surface area contributed by atoms with Crippen molar-refractivity contribution in [3.63, 3.8) is 0 Å². The van der Waals surface area contributed by atoms with Crippen molar-refractivity contribution in [3.8, 4) is 0 Å². The summed E-state index contributed by atoms with van der Waals surface area (Å²) in [7, 11) is 0. The highest BCUT2D eigenvalue weighted by molar-refractivity contribution is 5.09. The second kappa shape index (κ2) is 4.80. The van der Waals surface area contributed by atoms with Gasteiger partial charge in [0.25, 0.3) is 0 Å². The van der Waals surface area contributed by atoms with Gasteiger partial charge in [0.05, 0.1) is 19.3 Å². The van der Waals surface area contributed by atoms with Crippen LogP contribution in [0.1, 0.15) is 19.8 Å². The lowest BCUT2D eigenvalue weighted by Crippen LogP contribution is -2.38. The molecule has 0 spiro atoms. The maximum atomic E-state index is 5.62. The Bertz CT molecular complexity index is 209. The maximum absolute atomic E-state index is 5.62. The Morgan fingerprint density at radius 1 is 1.57 bits per heavy atom. The van der Waals surface area contributed by atoms with E-state index in [9.17, 15) is 0 Å². The van der Waals surface area contributed by atoms with Gasteiger partial charge in [0.1, 0.15) is 5.76 Å². The zero-order valence-electron chi connectivity index (χ0n) is 8.79. The lowest BCUT2D eigenvalue weighted by atomic mass is 9.97. The van der Waals surface area contributed by atoms with E-state index in [1.807, 2.05) is 0 Å². The third-order valence-corrected chi connectivity index (χ3v) is 2.90. The second-order valence-corrected chi connectivity index (χ2v) is 3.90. The molecule has 14 heavy (non-hydrogen) atoms. The molecule has 0 radical (unpaired) electrons. The van der Waals surface area contributed by atoms with Gasteiger partial charge in [-0.1, -0.05) is 6.92 Å². The average molecular weight is 197 g/mol. The van der Waals surface area contributed by atoms with Gasteiger partial charge in [-0.15, -0.1) is 0 Å². The number of ether oxygens (including phenoxy) is 2. The van der Waals surface area contributed by atoms with Gasteiger partial charge in [-0.3, -0.25) is 0 Å². The van der Waals surface area contributed by atoms with Crippen molar-refractivity contribution in [2.45, 2.75) is 25.8 Å². The molecule has 0 saturated carbocycles. The highest BCUT2D eigenvalue weighted by Gasteiger charge is 2.29. The predicted octanol–water partition coefficient (Wildman–Crippen LogP) is 1.31. The molecule has 3 heteroatoms. The molecule has 1 fully saturated rings. The van der Waals surface area contributed by atoms with Crippen LogP contribution in [0.3, 0.4) is 0 Å². The lowest BCUT2D eigenvalue weighted by Gasteiger charge is -2.23. The number of nitrogens with one attached hydrogen (secondary N) is 1. The second-order valence-electron chi connectivity index (χ2n) is 3.90. The van der Waals surface area contributed by atoms with Gasteiger partial charge in [0, 0.05) is 18.9 Å². The summed E-state index contributed by atoms with van der Waals surface area (Å²) in [5.41, 5.74) is 0. The molecule has 0 aromatic rings. The molecule has 3 nitrogen and oxygen atoms in total. The van der Waals surface area contributed by atoms with Crippen LogP contribution in [0.2, 0.25) is 0 Å². The Morgan fingerprint density at radius 2 is 2.50 bits per heavy atom. The first-order valence-corrected chi connectivity index (χ1v) is 5.55. The van der Waals surface area contributed by atoms with E-state index in [0.717, 1.165) is 45.0 Å². The van der Waals surface area contributed by atoms with Gasteiger partial charge in [0.15, 0.2) is 0 Å². The molecule has 2 unspecified atom stereocenters. The van der Waals surface area contributed by atoms with E-state index in [4.69, 9.17) is 9.47 Å². The van der Waals surface area contributed by atoms with E-state index < -0.39 is 0 Å². The molecular weight excluding hydrogens is 178 g/mol. The fourth-order valence-electron chi connectivity index (χ4n) is 2.19. The summed E-state index contributed by atoms with van der Waals surface area (Å²) in [5.74, 6) is 1.74. The Balaban J connectivity index is 1.98. The Labute approximate surface area is 85.5 Å². The largest absolute Gasteiger partial charge is 0.496 e. The summed E-state index contributed by atoms with van der Waals surface area (Å²) in [6.45, 7) is 5.75. The minimum atomic E-state index is 0.380. The van der Waals surface area contributed by atoms with E-state index in [0.29, 0.717) is 12.0 Å². The fraction of sp³-hybridized carbons (Fsp3) is 0.818. The Morgan fingerprint density at radius 3 is 3.07 bits per heavy atom. The molecule has 0 aliphatic carbocycles. The maximum Gasteiger partial charge on any atom is 0.109 e. The van der Waals surface area contributed by atoms with Crippen LogP contribution >= 0.6 is 0 Å². The monoisotopic (exact) mass is 197 g/mol. The van der Waals surface area contributed by atoms with Gasteiger partial charge in [-0.2, -0.15) is 0 Å². The van der Waals surface area contributed by atoms with Crippen molar-refractivity contribution < 1.29 is 9.47 Å². The lowest BCUT2D eigenvalue weighted by molar-refractivity contribution is 0.159. The molecule has 0 amide bonds. The van der Waals surface area contributed by atoms with Crippen molar-refractivity contribution in [1.82, 2.24) is 5.32 Å². The molecule has 0 aromatic heterocycles. The Hall–Kier alpha value is -0.540. The van der Waals surface area contributed by atoms with E-state index in [2.05, 4.69) is 18.3 Å². The molecule has 2 atom stereocenters. The standard InChI is InChI=1S/C11H19NO2/c1-2-12-11(9-5-7-13-8-9)10-4-3-6-14-10/h4,9,11-12H,2-3,5-8H2,1H3. The highest BCUT2D eigenvalue weighted by Crippen LogP contribution is 2.25. The van der Waals surface area contributed by atoms with Gasteiger partial charge in [-0.25, -0.2) is 0 Å². The van der Waals surface area contributed by atoms with Crippen LogP contribution in [0.5, 0.6) is 0 Å². The normalized spacial score (nSPS) is 28.6. The summed E-state index contributed by atoms with van der Waals surface area (Å²) < 4.78 is 11.0. The highest BCUT2D eigenvalue weighted by atomic mass is 16.5. The number of likely N-dealkylation sites (N-methyl/N-ethyl adjacent to an activating group) is 1. The molecule has 80 valence electrons. The molecule has 0 aromatic carbocycles. The zero-order valence-corrected chi connectivity index (χ0v) is 8.79. The predicted molar refractivity (Wildman–Crippen MR) is 55.0 cm³/mol. The smallest absolute Gasteiger partial charge is 0.109 e. The molecule has 2 rings (SSSR count). The first-order valence-electron chi connectivity index (χ1n) is 5.55. The summed E-state index contributed by atoms with van der Waals surface area (Å²) in [6, 6.07) is 0.380. The minimum Gasteiger partial charge on any atom is -0.496 e. The summed E-state index contributed by atoms with van der Waals surface area (Å²) in [6.07, 6.45) is 4.43. The van der Waals surface area contributed by atoms with Crippen molar-refractivity contribution in [2.75, 3.05) is 26.4 Å². The van der Waals surface area contributed by atoms with Crippen LogP contribution in [0, 0.1) is 5.92 Å². The summed E-state index contributed by atoms with van der Waals surface area (Å²) in [4.78, 5) is 0. The van der Waals surface area contributed by atoms with Crippen molar-refractivity contribution in [3.05, 3.63) is 11.8 Å². The van der Waals surface area contributed by atoms with Crippen LogP contribution in [-0.4, -0.2) is 32.4 Å². The quantitative estimate of drug-likeness (QED) is 0.737. The van der Waals surface area contributed by atoms with E-state index in [-0.39, 0.29) is 0 Å². The van der Waals surface area contributed by atoms with Crippen LogP contribution in [0.4, 0.5) is 0 Å².